The molecule has 0 saturated carbocycles. The van der Waals surface area contributed by atoms with Crippen LogP contribution in [0.1, 0.15) is 0 Å². The fourth-order valence-electron chi connectivity index (χ4n) is 0. The molecular formula is CrMoO8Pb2. The number of rotatable bonds is 0. The van der Waals surface area contributed by atoms with Crippen LogP contribution in [0.5, 0.6) is 0 Å². The molecular weight excluding hydrogens is 690 g/mol. The van der Waals surface area contributed by atoms with Gasteiger partial charge in [-0.2, -0.15) is 0 Å². The Morgan fingerprint density at radius 2 is 0.917 bits per heavy atom. The zero-order chi connectivity index (χ0) is 9.00. The first-order valence-corrected chi connectivity index (χ1v) is 6.69. The third-order valence-corrected chi connectivity index (χ3v) is 0. The van der Waals surface area contributed by atoms with Crippen LogP contribution in [0.4, 0.5) is 0 Å². The Balaban J connectivity index is -0.0000000457. The summed E-state index contributed by atoms with van der Waals surface area (Å²) in [5.74, 6) is 0. The third kappa shape index (κ3) is 337. The van der Waals surface area contributed by atoms with Gasteiger partial charge in [-0.25, -0.2) is 0 Å². The van der Waals surface area contributed by atoms with Gasteiger partial charge in [-0.1, -0.05) is 0 Å². The zero-order valence-corrected chi connectivity index (χ0v) is 16.1. The van der Waals surface area contributed by atoms with Crippen molar-refractivity contribution in [3.05, 3.63) is 0 Å². The SMILES string of the molecule is [O]=[Cr](=[O])([O-])[O-].[O]=[Mo](=[O])([O-])[O-].[Pb+2].[Pb+2]. The van der Waals surface area contributed by atoms with Crippen LogP contribution >= 0.6 is 0 Å². The molecule has 0 aliphatic carbocycles. The summed E-state index contributed by atoms with van der Waals surface area (Å²) in [6, 6.07) is 0. The smallest absolute Gasteiger partial charge is 2.00 e. The summed E-state index contributed by atoms with van der Waals surface area (Å²) in [4.78, 5) is 0. The van der Waals surface area contributed by atoms with Gasteiger partial charge in [-0.3, -0.25) is 0 Å². The molecule has 0 aromatic rings. The fourth-order valence-corrected chi connectivity index (χ4v) is 0. The van der Waals surface area contributed by atoms with Gasteiger partial charge >= 0.3 is 115 Å². The largest absolute Gasteiger partial charge is 2.00 e. The minimum absolute atomic E-state index is 0. The van der Waals surface area contributed by atoms with E-state index < -0.39 is 30.4 Å². The van der Waals surface area contributed by atoms with Gasteiger partial charge in [0.15, 0.2) is 0 Å². The van der Waals surface area contributed by atoms with Gasteiger partial charge < -0.3 is 0 Å². The molecule has 0 heterocycles. The van der Waals surface area contributed by atoms with E-state index in [1.807, 2.05) is 0 Å². The molecule has 0 aromatic carbocycles. The van der Waals surface area contributed by atoms with Crippen molar-refractivity contribution in [2.75, 3.05) is 0 Å². The van der Waals surface area contributed by atoms with E-state index in [4.69, 9.17) is 30.2 Å². The molecule has 0 rings (SSSR count). The van der Waals surface area contributed by atoms with Crippen molar-refractivity contribution in [3.8, 4) is 0 Å². The molecule has 0 unspecified atom stereocenters. The van der Waals surface area contributed by atoms with Crippen molar-refractivity contribution in [1.82, 2.24) is 0 Å². The van der Waals surface area contributed by atoms with Gasteiger partial charge in [-0.15, -0.1) is 0 Å². The molecule has 0 saturated heterocycles. The number of hydrogen-bond donors (Lipinski definition) is 0. The minimum atomic E-state index is -6.02. The summed E-state index contributed by atoms with van der Waals surface area (Å²) in [7, 11) is 0. The summed E-state index contributed by atoms with van der Waals surface area (Å²) in [5, 5.41) is 0. The molecule has 0 fully saturated rings. The first-order valence-electron chi connectivity index (χ1n) is 1.33. The summed E-state index contributed by atoms with van der Waals surface area (Å²) in [6.45, 7) is 0. The molecule has 0 aromatic heterocycles. The van der Waals surface area contributed by atoms with Crippen LogP contribution in [-0.2, 0) is 44.8 Å². The van der Waals surface area contributed by atoms with Crippen molar-refractivity contribution < 1.29 is 60.6 Å². The zero-order valence-electron chi connectivity index (χ0n) is 5.08. The second kappa shape index (κ2) is 9.65. The molecule has 0 spiro atoms. The normalized spacial score (nSPS) is 9.67. The second-order valence-corrected chi connectivity index (χ2v) is 4.10. The predicted molar refractivity (Wildman–Crippen MR) is 14.3 cm³/mol. The first-order chi connectivity index (χ1) is 4.00. The molecule has 8 nitrogen and oxygen atoms in total. The second-order valence-electron chi connectivity index (χ2n) is 0.816. The minimum Gasteiger partial charge on any atom is 2.00 e. The van der Waals surface area contributed by atoms with E-state index in [9.17, 15) is 0 Å². The van der Waals surface area contributed by atoms with Gasteiger partial charge in [-0.05, 0) is 0 Å². The average molecular weight is 690 g/mol. The predicted octanol–water partition coefficient (Wildman–Crippen LogP) is -6.00. The fraction of sp³-hybridized carbons (Fsp3) is 0. The molecule has 68 valence electrons. The summed E-state index contributed by atoms with van der Waals surface area (Å²) in [5.41, 5.74) is 0. The van der Waals surface area contributed by atoms with Crippen LogP contribution in [0.2, 0.25) is 0 Å². The molecule has 0 N–H and O–H groups in total. The summed E-state index contributed by atoms with van der Waals surface area (Å²) in [6.07, 6.45) is 0. The maximum Gasteiger partial charge on any atom is 2.00 e. The Hall–Kier alpha value is 2.10. The Kier molecular flexibility index (Phi) is 19.1. The monoisotopic (exact) mass is 694 g/mol. The van der Waals surface area contributed by atoms with E-state index in [1.54, 1.807) is 0 Å². The van der Waals surface area contributed by atoms with Gasteiger partial charge in [0.1, 0.15) is 0 Å². The molecule has 0 bridgehead atoms. The molecule has 0 aliphatic rings. The van der Waals surface area contributed by atoms with Gasteiger partial charge in [0, 0.05) is 0 Å². The van der Waals surface area contributed by atoms with Gasteiger partial charge in [0.05, 0.1) is 0 Å². The number of hydrogen-bond acceptors (Lipinski definition) is 8. The van der Waals surface area contributed by atoms with Crippen LogP contribution in [0.3, 0.4) is 0 Å². The van der Waals surface area contributed by atoms with Crippen molar-refractivity contribution >= 4 is 54.6 Å². The van der Waals surface area contributed by atoms with E-state index in [0.29, 0.717) is 0 Å². The third-order valence-electron chi connectivity index (χ3n) is 0. The molecule has 4 radical (unpaired) electrons. The van der Waals surface area contributed by atoms with Gasteiger partial charge in [0.2, 0.25) is 0 Å². The van der Waals surface area contributed by atoms with Crippen LogP contribution in [-0.4, -0.2) is 54.6 Å². The van der Waals surface area contributed by atoms with Crippen molar-refractivity contribution in [2.45, 2.75) is 0 Å². The topological polar surface area (TPSA) is 161 Å². The first kappa shape index (κ1) is 23.7. The molecule has 0 atom stereocenters. The summed E-state index contributed by atoms with van der Waals surface area (Å²) >= 11 is -11.8. The van der Waals surface area contributed by atoms with Crippen LogP contribution in [0.15, 0.2) is 0 Å². The molecule has 12 heteroatoms. The van der Waals surface area contributed by atoms with Crippen molar-refractivity contribution in [1.29, 1.82) is 0 Å². The van der Waals surface area contributed by atoms with E-state index in [2.05, 4.69) is 0 Å². The molecule has 0 aliphatic heterocycles. The van der Waals surface area contributed by atoms with Crippen LogP contribution in [0, 0.1) is 0 Å². The van der Waals surface area contributed by atoms with Gasteiger partial charge in [0.25, 0.3) is 0 Å². The van der Waals surface area contributed by atoms with E-state index in [-0.39, 0.29) is 54.6 Å². The standard InChI is InChI=1S/Cr.Mo.8O.2Pb/q;;;;;;4*-1;2*+2. The average Bonchev–Trinajstić information content (AvgIpc) is 1.12. The molecule has 12 heavy (non-hydrogen) atoms. The van der Waals surface area contributed by atoms with Crippen molar-refractivity contribution in [2.24, 2.45) is 0 Å². The maximum atomic E-state index is 8.63. The maximum absolute atomic E-state index is 8.63. The Morgan fingerprint density at radius 1 is 0.917 bits per heavy atom. The quantitative estimate of drug-likeness (QED) is 0.227. The Morgan fingerprint density at radius 3 is 0.917 bits per heavy atom. The summed E-state index contributed by atoms with van der Waals surface area (Å²) < 4.78 is 68.9. The van der Waals surface area contributed by atoms with Crippen molar-refractivity contribution in [3.63, 3.8) is 0 Å². The van der Waals surface area contributed by atoms with E-state index in [0.717, 1.165) is 0 Å². The molecule has 0 amide bonds. The van der Waals surface area contributed by atoms with E-state index >= 15 is 0 Å². The van der Waals surface area contributed by atoms with Crippen LogP contribution in [0.25, 0.3) is 0 Å². The van der Waals surface area contributed by atoms with E-state index in [1.165, 1.54) is 0 Å². The van der Waals surface area contributed by atoms with Crippen LogP contribution < -0.4 is 15.8 Å². The Labute approximate surface area is 113 Å². The Bertz CT molecular complexity index is 213.